The third-order valence-corrected chi connectivity index (χ3v) is 5.52. The molecule has 1 atom stereocenters. The molecule has 0 amide bonds. The minimum absolute atomic E-state index is 0.0735. The van der Waals surface area contributed by atoms with Gasteiger partial charge in [0.2, 0.25) is 0 Å². The molecule has 0 radical (unpaired) electrons. The van der Waals surface area contributed by atoms with Gasteiger partial charge < -0.3 is 20.1 Å². The molecule has 1 aromatic heterocycles. The Balaban J connectivity index is 1.36. The summed E-state index contributed by atoms with van der Waals surface area (Å²) in [6.07, 6.45) is 5.92. The maximum atomic E-state index is 13.5. The number of hydrogen-bond acceptors (Lipinski definition) is 7. The topological polar surface area (TPSA) is 80.7 Å². The van der Waals surface area contributed by atoms with Gasteiger partial charge in [-0.1, -0.05) is 24.0 Å². The van der Waals surface area contributed by atoms with Crippen molar-refractivity contribution in [2.24, 2.45) is 10.9 Å². The SMILES string of the molecule is CC1C#CC/C(Nc2ncnc3ccc(NC4=NCCO4)cc23)=C\C=C/1OCc1cccc(F)c1. The molecule has 2 aliphatic rings. The van der Waals surface area contributed by atoms with Crippen molar-refractivity contribution in [1.29, 1.82) is 0 Å². The number of amidine groups is 1. The summed E-state index contributed by atoms with van der Waals surface area (Å²) in [7, 11) is 0. The third-order valence-electron chi connectivity index (χ3n) is 5.52. The number of aliphatic imine (C=N–C) groups is 1. The second kappa shape index (κ2) is 10.3. The molecule has 2 N–H and O–H groups in total. The van der Waals surface area contributed by atoms with E-state index >= 15 is 0 Å². The molecule has 7 nitrogen and oxygen atoms in total. The minimum atomic E-state index is -0.281. The van der Waals surface area contributed by atoms with Gasteiger partial charge in [0.15, 0.2) is 0 Å². The third kappa shape index (κ3) is 5.58. The van der Waals surface area contributed by atoms with Gasteiger partial charge in [0.25, 0.3) is 6.02 Å². The van der Waals surface area contributed by atoms with Crippen molar-refractivity contribution in [2.45, 2.75) is 20.0 Å². The van der Waals surface area contributed by atoms with Crippen LogP contribution in [0.25, 0.3) is 10.9 Å². The van der Waals surface area contributed by atoms with Crippen LogP contribution < -0.4 is 10.6 Å². The number of allylic oxidation sites excluding steroid dienone is 4. The maximum absolute atomic E-state index is 13.5. The van der Waals surface area contributed by atoms with Crippen LogP contribution in [0.4, 0.5) is 15.9 Å². The van der Waals surface area contributed by atoms with Gasteiger partial charge in [-0.25, -0.2) is 19.4 Å². The number of aromatic nitrogens is 2. The van der Waals surface area contributed by atoms with Gasteiger partial charge in [-0.15, -0.1) is 0 Å². The lowest BCUT2D eigenvalue weighted by molar-refractivity contribution is 0.179. The van der Waals surface area contributed by atoms with E-state index in [1.807, 2.05) is 43.3 Å². The minimum Gasteiger partial charge on any atom is -0.492 e. The zero-order valence-electron chi connectivity index (χ0n) is 19.2. The number of hydrogen-bond donors (Lipinski definition) is 2. The van der Waals surface area contributed by atoms with E-state index in [1.165, 1.54) is 18.5 Å². The quantitative estimate of drug-likeness (QED) is 0.494. The van der Waals surface area contributed by atoms with Crippen LogP contribution in [0, 0.1) is 23.6 Å². The fourth-order valence-electron chi connectivity index (χ4n) is 3.73. The molecular weight excluding hydrogens is 445 g/mol. The van der Waals surface area contributed by atoms with Crippen molar-refractivity contribution in [3.05, 3.63) is 83.8 Å². The molecule has 8 heteroatoms. The van der Waals surface area contributed by atoms with Gasteiger partial charge >= 0.3 is 0 Å². The normalized spacial score (nSPS) is 20.1. The number of fused-ring (bicyclic) bond motifs is 1. The Bertz CT molecular complexity index is 1400. The first-order chi connectivity index (χ1) is 17.1. The number of nitrogens with zero attached hydrogens (tertiary/aromatic N) is 3. The molecule has 5 rings (SSSR count). The average Bonchev–Trinajstić information content (AvgIpc) is 3.36. The van der Waals surface area contributed by atoms with Crippen LogP contribution in [0.3, 0.4) is 0 Å². The van der Waals surface area contributed by atoms with Gasteiger partial charge in [-0.2, -0.15) is 0 Å². The molecule has 3 aromatic rings. The fraction of sp³-hybridized carbons (Fsp3) is 0.222. The first-order valence-corrected chi connectivity index (χ1v) is 11.4. The summed E-state index contributed by atoms with van der Waals surface area (Å²) in [5.41, 5.74) is 3.28. The van der Waals surface area contributed by atoms with E-state index < -0.39 is 0 Å². The highest BCUT2D eigenvalue weighted by Crippen LogP contribution is 2.26. The Labute approximate surface area is 202 Å². The number of rotatable bonds is 6. The highest BCUT2D eigenvalue weighted by Gasteiger charge is 2.13. The molecule has 0 bridgehead atoms. The summed E-state index contributed by atoms with van der Waals surface area (Å²) in [6.45, 7) is 3.50. The van der Waals surface area contributed by atoms with E-state index in [9.17, 15) is 4.39 Å². The summed E-state index contributed by atoms with van der Waals surface area (Å²) in [4.78, 5) is 13.1. The highest BCUT2D eigenvalue weighted by atomic mass is 19.1. The molecule has 1 unspecified atom stereocenters. The molecule has 35 heavy (non-hydrogen) atoms. The van der Waals surface area contributed by atoms with Crippen LogP contribution in [0.5, 0.6) is 0 Å². The lowest BCUT2D eigenvalue weighted by Crippen LogP contribution is -2.11. The first-order valence-electron chi connectivity index (χ1n) is 11.4. The van der Waals surface area contributed by atoms with Crippen molar-refractivity contribution in [3.8, 4) is 11.8 Å². The Morgan fingerprint density at radius 2 is 2.09 bits per heavy atom. The molecule has 1 aliphatic heterocycles. The number of benzene rings is 2. The van der Waals surface area contributed by atoms with Gasteiger partial charge in [0, 0.05) is 23.2 Å². The van der Waals surface area contributed by atoms with Gasteiger partial charge in [0.1, 0.15) is 36.9 Å². The van der Waals surface area contributed by atoms with E-state index in [2.05, 4.69) is 37.4 Å². The van der Waals surface area contributed by atoms with Crippen molar-refractivity contribution in [2.75, 3.05) is 23.8 Å². The second-order valence-corrected chi connectivity index (χ2v) is 8.14. The predicted octanol–water partition coefficient (Wildman–Crippen LogP) is 5.01. The molecule has 2 aromatic carbocycles. The van der Waals surface area contributed by atoms with Crippen molar-refractivity contribution in [1.82, 2.24) is 9.97 Å². The Morgan fingerprint density at radius 3 is 2.94 bits per heavy atom. The van der Waals surface area contributed by atoms with E-state index in [4.69, 9.17) is 9.47 Å². The molecule has 2 heterocycles. The first kappa shape index (κ1) is 22.4. The van der Waals surface area contributed by atoms with Crippen molar-refractivity contribution in [3.63, 3.8) is 0 Å². The predicted molar refractivity (Wildman–Crippen MR) is 134 cm³/mol. The largest absolute Gasteiger partial charge is 0.492 e. The van der Waals surface area contributed by atoms with Gasteiger partial charge in [-0.3, -0.25) is 0 Å². The number of ether oxygens (including phenoxy) is 2. The van der Waals surface area contributed by atoms with Crippen LogP contribution in [0.2, 0.25) is 0 Å². The fourth-order valence-corrected chi connectivity index (χ4v) is 3.73. The summed E-state index contributed by atoms with van der Waals surface area (Å²) >= 11 is 0. The second-order valence-electron chi connectivity index (χ2n) is 8.14. The van der Waals surface area contributed by atoms with E-state index in [1.54, 1.807) is 6.07 Å². The maximum Gasteiger partial charge on any atom is 0.289 e. The number of anilines is 2. The molecular formula is C27H24FN5O2. The van der Waals surface area contributed by atoms with Crippen LogP contribution >= 0.6 is 0 Å². The monoisotopic (exact) mass is 469 g/mol. The van der Waals surface area contributed by atoms with Gasteiger partial charge in [-0.05, 0) is 55.0 Å². The summed E-state index contributed by atoms with van der Waals surface area (Å²) in [5, 5.41) is 7.43. The molecule has 1 aliphatic carbocycles. The van der Waals surface area contributed by atoms with Crippen LogP contribution in [-0.4, -0.2) is 29.1 Å². The summed E-state index contributed by atoms with van der Waals surface area (Å²) in [5.74, 6) is 7.46. The lowest BCUT2D eigenvalue weighted by atomic mass is 10.1. The number of nitrogens with one attached hydrogen (secondary N) is 2. The van der Waals surface area contributed by atoms with Crippen LogP contribution in [-0.2, 0) is 16.1 Å². The molecule has 0 saturated carbocycles. The number of halogens is 1. The Hall–Kier alpha value is -4.38. The van der Waals surface area contributed by atoms with Crippen molar-refractivity contribution < 1.29 is 13.9 Å². The highest BCUT2D eigenvalue weighted by molar-refractivity contribution is 5.96. The van der Waals surface area contributed by atoms with E-state index in [-0.39, 0.29) is 18.3 Å². The smallest absolute Gasteiger partial charge is 0.289 e. The zero-order valence-corrected chi connectivity index (χ0v) is 19.2. The van der Waals surface area contributed by atoms with E-state index in [0.717, 1.165) is 33.6 Å². The summed E-state index contributed by atoms with van der Waals surface area (Å²) < 4.78 is 24.9. The molecule has 176 valence electrons. The van der Waals surface area contributed by atoms with Crippen LogP contribution in [0.15, 0.2) is 77.4 Å². The molecule has 0 saturated heterocycles. The standard InChI is InChI=1S/C27H24FN5O2/c1-18-4-2-7-21(9-11-25(18)35-16-19-5-3-6-20(28)14-19)32-26-23-15-22(33-27-29-12-13-34-27)8-10-24(23)30-17-31-26/h3,5-6,8-11,14-15,17-18H,7,12-13,16H2,1H3,(H,29,33)(H,30,31,32)/b21-9+,25-11+. The molecule has 0 spiro atoms. The van der Waals surface area contributed by atoms with Gasteiger partial charge in [0.05, 0.1) is 18.0 Å². The summed E-state index contributed by atoms with van der Waals surface area (Å²) in [6, 6.07) is 12.7. The Kier molecular flexibility index (Phi) is 6.57. The zero-order chi connectivity index (χ0) is 24.0. The van der Waals surface area contributed by atoms with Crippen LogP contribution in [0.1, 0.15) is 18.9 Å². The molecule has 0 fully saturated rings. The average molecular weight is 470 g/mol. The lowest BCUT2D eigenvalue weighted by Gasteiger charge is -2.16. The van der Waals surface area contributed by atoms with E-state index in [0.29, 0.717) is 31.4 Å². The van der Waals surface area contributed by atoms with Crippen molar-refractivity contribution >= 4 is 28.4 Å². The Morgan fingerprint density at radius 1 is 1.14 bits per heavy atom.